The molecule has 0 fully saturated rings. The van der Waals surface area contributed by atoms with Crippen LogP contribution in [0.2, 0.25) is 0 Å². The molecule has 3 aromatic rings. The maximum Gasteiger partial charge on any atom is 0.271 e. The third-order valence-corrected chi connectivity index (χ3v) is 4.86. The molecule has 0 aliphatic heterocycles. The van der Waals surface area contributed by atoms with Crippen LogP contribution < -0.4 is 20.1 Å². The number of anilines is 2. The molecule has 0 aromatic heterocycles. The number of nitro groups is 1. The van der Waals surface area contributed by atoms with E-state index < -0.39 is 16.7 Å². The lowest BCUT2D eigenvalue weighted by atomic mass is 10.1. The van der Waals surface area contributed by atoms with Gasteiger partial charge < -0.3 is 20.1 Å². The van der Waals surface area contributed by atoms with Gasteiger partial charge in [0.15, 0.2) is 0 Å². The van der Waals surface area contributed by atoms with E-state index in [-0.39, 0.29) is 16.8 Å². The molecule has 0 aliphatic rings. The van der Waals surface area contributed by atoms with E-state index >= 15 is 0 Å². The number of benzene rings is 3. The fourth-order valence-corrected chi connectivity index (χ4v) is 3.21. The molecule has 0 aliphatic carbocycles. The lowest BCUT2D eigenvalue weighted by Gasteiger charge is -2.13. The number of carbonyl (C=O) groups excluding carboxylic acids is 2. The van der Waals surface area contributed by atoms with Gasteiger partial charge in [-0.05, 0) is 55.3 Å². The largest absolute Gasteiger partial charge is 0.495 e. The Morgan fingerprint density at radius 3 is 1.55 bits per heavy atom. The second-order valence-corrected chi connectivity index (χ2v) is 7.34. The number of methoxy groups -OCH3 is 2. The van der Waals surface area contributed by atoms with Crippen molar-refractivity contribution in [1.82, 2.24) is 0 Å². The Hall–Kier alpha value is -4.40. The van der Waals surface area contributed by atoms with Crippen molar-refractivity contribution in [2.24, 2.45) is 0 Å². The molecule has 0 radical (unpaired) electrons. The first kappa shape index (κ1) is 23.3. The van der Waals surface area contributed by atoms with Crippen molar-refractivity contribution in [3.8, 4) is 11.5 Å². The Labute approximate surface area is 190 Å². The Kier molecular flexibility index (Phi) is 6.92. The first-order valence-corrected chi connectivity index (χ1v) is 9.93. The molecule has 2 N–H and O–H groups in total. The third-order valence-electron chi connectivity index (χ3n) is 4.86. The molecule has 0 heterocycles. The summed E-state index contributed by atoms with van der Waals surface area (Å²) >= 11 is 0. The molecule has 0 bridgehead atoms. The van der Waals surface area contributed by atoms with Crippen LogP contribution >= 0.6 is 0 Å². The van der Waals surface area contributed by atoms with Crippen LogP contribution in [-0.2, 0) is 0 Å². The summed E-state index contributed by atoms with van der Waals surface area (Å²) in [4.78, 5) is 36.6. The topological polar surface area (TPSA) is 120 Å². The molecule has 0 atom stereocenters. The molecule has 0 unspecified atom stereocenters. The minimum atomic E-state index is -0.659. The standard InChI is InChI=1S/C24H23N3O6/c1-14-5-7-21(32-3)19(9-14)25-23(28)16-11-17(13-18(12-16)27(30)31)24(29)26-20-10-15(2)6-8-22(20)33-4/h5-13H,1-4H3,(H,25,28)(H,26,29). The van der Waals surface area contributed by atoms with Gasteiger partial charge >= 0.3 is 0 Å². The fraction of sp³-hybridized carbons (Fsp3) is 0.167. The lowest BCUT2D eigenvalue weighted by Crippen LogP contribution is -2.17. The molecule has 9 heteroatoms. The number of nitro benzene ring substituents is 1. The Morgan fingerprint density at radius 2 is 1.18 bits per heavy atom. The highest BCUT2D eigenvalue weighted by molar-refractivity contribution is 6.10. The summed E-state index contributed by atoms with van der Waals surface area (Å²) in [6.45, 7) is 3.70. The molecule has 2 amide bonds. The first-order valence-electron chi connectivity index (χ1n) is 9.93. The van der Waals surface area contributed by atoms with Gasteiger partial charge in [0, 0.05) is 23.3 Å². The van der Waals surface area contributed by atoms with Crippen LogP contribution in [0.5, 0.6) is 11.5 Å². The number of nitrogens with zero attached hydrogens (tertiary/aromatic N) is 1. The van der Waals surface area contributed by atoms with Gasteiger partial charge in [-0.15, -0.1) is 0 Å². The second-order valence-electron chi connectivity index (χ2n) is 7.34. The first-order chi connectivity index (χ1) is 15.7. The van der Waals surface area contributed by atoms with Crippen LogP contribution in [0.4, 0.5) is 17.1 Å². The zero-order valence-electron chi connectivity index (χ0n) is 18.6. The summed E-state index contributed by atoms with van der Waals surface area (Å²) < 4.78 is 10.5. The van der Waals surface area contributed by atoms with Gasteiger partial charge in [0.05, 0.1) is 30.5 Å². The summed E-state index contributed by atoms with van der Waals surface area (Å²) in [5.74, 6) is -0.373. The molecular weight excluding hydrogens is 426 g/mol. The van der Waals surface area contributed by atoms with Crippen molar-refractivity contribution in [2.75, 3.05) is 24.9 Å². The van der Waals surface area contributed by atoms with E-state index in [0.29, 0.717) is 22.9 Å². The summed E-state index contributed by atoms with van der Waals surface area (Å²) in [5, 5.41) is 16.8. The summed E-state index contributed by atoms with van der Waals surface area (Å²) in [6, 6.07) is 14.0. The Bertz CT molecular complexity index is 1150. The fourth-order valence-electron chi connectivity index (χ4n) is 3.21. The highest BCUT2D eigenvalue weighted by atomic mass is 16.6. The van der Waals surface area contributed by atoms with E-state index in [0.717, 1.165) is 23.3 Å². The van der Waals surface area contributed by atoms with E-state index in [2.05, 4.69) is 10.6 Å². The number of hydrogen-bond donors (Lipinski definition) is 2. The van der Waals surface area contributed by atoms with Gasteiger partial charge in [0.1, 0.15) is 11.5 Å². The smallest absolute Gasteiger partial charge is 0.271 e. The predicted octanol–water partition coefficient (Wildman–Crippen LogP) is 4.73. The van der Waals surface area contributed by atoms with Crippen LogP contribution in [0.15, 0.2) is 54.6 Å². The van der Waals surface area contributed by atoms with Crippen LogP contribution in [0.1, 0.15) is 31.8 Å². The van der Waals surface area contributed by atoms with Crippen molar-refractivity contribution in [3.05, 3.63) is 87.0 Å². The zero-order valence-corrected chi connectivity index (χ0v) is 18.6. The van der Waals surface area contributed by atoms with E-state index in [9.17, 15) is 19.7 Å². The molecule has 0 spiro atoms. The lowest BCUT2D eigenvalue weighted by molar-refractivity contribution is -0.384. The van der Waals surface area contributed by atoms with Crippen LogP contribution in [-0.4, -0.2) is 31.0 Å². The monoisotopic (exact) mass is 449 g/mol. The quantitative estimate of drug-likeness (QED) is 0.397. The van der Waals surface area contributed by atoms with E-state index in [4.69, 9.17) is 9.47 Å². The van der Waals surface area contributed by atoms with E-state index in [1.165, 1.54) is 20.3 Å². The van der Waals surface area contributed by atoms with Crippen LogP contribution in [0.25, 0.3) is 0 Å². The average molecular weight is 449 g/mol. The minimum Gasteiger partial charge on any atom is -0.495 e. The van der Waals surface area contributed by atoms with Crippen molar-refractivity contribution in [1.29, 1.82) is 0 Å². The highest BCUT2D eigenvalue weighted by Crippen LogP contribution is 2.28. The van der Waals surface area contributed by atoms with Gasteiger partial charge in [0.2, 0.25) is 0 Å². The normalized spacial score (nSPS) is 10.3. The maximum atomic E-state index is 12.9. The van der Waals surface area contributed by atoms with Gasteiger partial charge in [-0.1, -0.05) is 12.1 Å². The number of ether oxygens (including phenoxy) is 2. The number of rotatable bonds is 7. The van der Waals surface area contributed by atoms with Crippen molar-refractivity contribution in [2.45, 2.75) is 13.8 Å². The Morgan fingerprint density at radius 1 is 0.758 bits per heavy atom. The SMILES string of the molecule is COc1ccc(C)cc1NC(=O)c1cc(C(=O)Nc2cc(C)ccc2OC)cc([N+](=O)[O-])c1. The average Bonchev–Trinajstić information content (AvgIpc) is 2.79. The molecule has 3 rings (SSSR count). The number of carbonyl (C=O) groups is 2. The van der Waals surface area contributed by atoms with Crippen molar-refractivity contribution >= 4 is 28.9 Å². The van der Waals surface area contributed by atoms with Crippen molar-refractivity contribution < 1.29 is 24.0 Å². The number of non-ortho nitro benzene ring substituents is 1. The third kappa shape index (κ3) is 5.45. The molecule has 3 aromatic carbocycles. The number of nitrogens with one attached hydrogen (secondary N) is 2. The molecular formula is C24H23N3O6. The molecule has 33 heavy (non-hydrogen) atoms. The maximum absolute atomic E-state index is 12.9. The zero-order chi connectivity index (χ0) is 24.1. The number of hydrogen-bond acceptors (Lipinski definition) is 6. The summed E-state index contributed by atoms with van der Waals surface area (Å²) in [7, 11) is 2.94. The Balaban J connectivity index is 1.95. The second kappa shape index (κ2) is 9.82. The van der Waals surface area contributed by atoms with Crippen LogP contribution in [0.3, 0.4) is 0 Å². The predicted molar refractivity (Wildman–Crippen MR) is 124 cm³/mol. The summed E-state index contributed by atoms with van der Waals surface area (Å²) in [5.41, 5.74) is 2.10. The minimum absolute atomic E-state index is 0.0471. The molecule has 170 valence electrons. The van der Waals surface area contributed by atoms with Gasteiger partial charge in [-0.2, -0.15) is 0 Å². The van der Waals surface area contributed by atoms with Crippen molar-refractivity contribution in [3.63, 3.8) is 0 Å². The van der Waals surface area contributed by atoms with Gasteiger partial charge in [-0.3, -0.25) is 19.7 Å². The van der Waals surface area contributed by atoms with Gasteiger partial charge in [0.25, 0.3) is 17.5 Å². The molecule has 9 nitrogen and oxygen atoms in total. The summed E-state index contributed by atoms with van der Waals surface area (Å²) in [6.07, 6.45) is 0. The number of amides is 2. The molecule has 0 saturated carbocycles. The van der Waals surface area contributed by atoms with E-state index in [1.807, 2.05) is 26.0 Å². The van der Waals surface area contributed by atoms with E-state index in [1.54, 1.807) is 24.3 Å². The van der Waals surface area contributed by atoms with Crippen LogP contribution in [0, 0.1) is 24.0 Å². The molecule has 0 saturated heterocycles. The van der Waals surface area contributed by atoms with Gasteiger partial charge in [-0.25, -0.2) is 0 Å². The number of aryl methyl sites for hydroxylation is 2. The highest BCUT2D eigenvalue weighted by Gasteiger charge is 2.20.